The van der Waals surface area contributed by atoms with Gasteiger partial charge in [0.2, 0.25) is 5.91 Å². The molecule has 4 heteroatoms. The molecule has 1 amide bonds. The van der Waals surface area contributed by atoms with E-state index in [1.807, 2.05) is 6.07 Å². The molecule has 2 aliphatic rings. The van der Waals surface area contributed by atoms with Gasteiger partial charge in [-0.2, -0.15) is 0 Å². The summed E-state index contributed by atoms with van der Waals surface area (Å²) in [5.41, 5.74) is 5.46. The van der Waals surface area contributed by atoms with Crippen LogP contribution in [0.5, 0.6) is 0 Å². The van der Waals surface area contributed by atoms with Crippen molar-refractivity contribution in [2.24, 2.45) is 0 Å². The molecule has 0 spiro atoms. The maximum absolute atomic E-state index is 12.6. The SMILES string of the molecule is C[C@H](NC(=O)CN1CCN(c2ccccc2)CC1)c1ccc2c(c1)CCCC2. The first-order chi connectivity index (χ1) is 13.7. The molecule has 1 aliphatic heterocycles. The van der Waals surface area contributed by atoms with Crippen molar-refractivity contribution in [3.63, 3.8) is 0 Å². The Hall–Kier alpha value is -2.33. The molecule has 0 saturated carbocycles. The van der Waals surface area contributed by atoms with Gasteiger partial charge in [-0.1, -0.05) is 36.4 Å². The van der Waals surface area contributed by atoms with E-state index >= 15 is 0 Å². The van der Waals surface area contributed by atoms with Crippen molar-refractivity contribution in [1.29, 1.82) is 0 Å². The van der Waals surface area contributed by atoms with Crippen molar-refractivity contribution in [1.82, 2.24) is 10.2 Å². The number of carbonyl (C=O) groups is 1. The molecule has 0 unspecified atom stereocenters. The van der Waals surface area contributed by atoms with Gasteiger partial charge in [0.1, 0.15) is 0 Å². The molecule has 1 fully saturated rings. The van der Waals surface area contributed by atoms with E-state index < -0.39 is 0 Å². The molecular weight excluding hydrogens is 346 g/mol. The summed E-state index contributed by atoms with van der Waals surface area (Å²) in [7, 11) is 0. The normalized spacial score (nSPS) is 18.4. The van der Waals surface area contributed by atoms with Crippen molar-refractivity contribution in [2.45, 2.75) is 38.6 Å². The number of rotatable bonds is 5. The van der Waals surface area contributed by atoms with E-state index in [-0.39, 0.29) is 11.9 Å². The van der Waals surface area contributed by atoms with Crippen LogP contribution in [0.25, 0.3) is 0 Å². The fraction of sp³-hybridized carbons (Fsp3) is 0.458. The van der Waals surface area contributed by atoms with Gasteiger partial charge in [-0.25, -0.2) is 0 Å². The molecule has 4 nitrogen and oxygen atoms in total. The number of aryl methyl sites for hydroxylation is 2. The molecule has 2 aromatic rings. The second-order valence-electron chi connectivity index (χ2n) is 8.12. The van der Waals surface area contributed by atoms with E-state index in [4.69, 9.17) is 0 Å². The molecule has 1 aliphatic carbocycles. The number of nitrogens with one attached hydrogen (secondary N) is 1. The number of hydrogen-bond acceptors (Lipinski definition) is 3. The fourth-order valence-electron chi connectivity index (χ4n) is 4.40. The molecule has 2 aromatic carbocycles. The van der Waals surface area contributed by atoms with Crippen LogP contribution in [0, 0.1) is 0 Å². The first kappa shape index (κ1) is 19.0. The van der Waals surface area contributed by atoms with Crippen LogP contribution >= 0.6 is 0 Å². The van der Waals surface area contributed by atoms with Crippen molar-refractivity contribution in [3.05, 3.63) is 65.2 Å². The smallest absolute Gasteiger partial charge is 0.234 e. The lowest BCUT2D eigenvalue weighted by Gasteiger charge is -2.35. The average Bonchev–Trinajstić information content (AvgIpc) is 2.74. The number of carbonyl (C=O) groups excluding carboxylic acids is 1. The van der Waals surface area contributed by atoms with Gasteiger partial charge in [-0.05, 0) is 61.4 Å². The monoisotopic (exact) mass is 377 g/mol. The first-order valence-corrected chi connectivity index (χ1v) is 10.6. The summed E-state index contributed by atoms with van der Waals surface area (Å²) in [6, 6.07) is 17.3. The number of amides is 1. The molecule has 28 heavy (non-hydrogen) atoms. The number of para-hydroxylation sites is 1. The number of fused-ring (bicyclic) bond motifs is 1. The van der Waals surface area contributed by atoms with E-state index in [1.54, 1.807) is 0 Å². The Labute approximate surface area is 168 Å². The first-order valence-electron chi connectivity index (χ1n) is 10.6. The Bertz CT molecular complexity index is 797. The van der Waals surface area contributed by atoms with Gasteiger partial charge in [0.05, 0.1) is 12.6 Å². The zero-order chi connectivity index (χ0) is 19.3. The van der Waals surface area contributed by atoms with Gasteiger partial charge >= 0.3 is 0 Å². The van der Waals surface area contributed by atoms with Gasteiger partial charge in [-0.15, -0.1) is 0 Å². The molecule has 1 saturated heterocycles. The molecule has 1 atom stereocenters. The molecule has 0 bridgehead atoms. The third-order valence-electron chi connectivity index (χ3n) is 6.11. The van der Waals surface area contributed by atoms with Crippen molar-refractivity contribution >= 4 is 11.6 Å². The highest BCUT2D eigenvalue weighted by molar-refractivity contribution is 5.78. The van der Waals surface area contributed by atoms with Crippen LogP contribution in [0.4, 0.5) is 5.69 Å². The maximum atomic E-state index is 12.6. The zero-order valence-corrected chi connectivity index (χ0v) is 16.9. The number of benzene rings is 2. The summed E-state index contributed by atoms with van der Waals surface area (Å²) in [5, 5.41) is 3.20. The van der Waals surface area contributed by atoms with E-state index in [0.717, 1.165) is 26.2 Å². The van der Waals surface area contributed by atoms with Crippen LogP contribution in [0.1, 0.15) is 42.5 Å². The van der Waals surface area contributed by atoms with Gasteiger partial charge in [0.25, 0.3) is 0 Å². The molecular formula is C24H31N3O. The summed E-state index contributed by atoms with van der Waals surface area (Å²) >= 11 is 0. The Morgan fingerprint density at radius 3 is 2.43 bits per heavy atom. The minimum absolute atomic E-state index is 0.0605. The predicted molar refractivity (Wildman–Crippen MR) is 115 cm³/mol. The van der Waals surface area contributed by atoms with Gasteiger partial charge in [0, 0.05) is 31.9 Å². The minimum Gasteiger partial charge on any atom is -0.369 e. The topological polar surface area (TPSA) is 35.6 Å². The molecule has 4 rings (SSSR count). The fourth-order valence-corrected chi connectivity index (χ4v) is 4.40. The second-order valence-corrected chi connectivity index (χ2v) is 8.12. The summed E-state index contributed by atoms with van der Waals surface area (Å²) in [6.07, 6.45) is 4.96. The highest BCUT2D eigenvalue weighted by Gasteiger charge is 2.20. The summed E-state index contributed by atoms with van der Waals surface area (Å²) in [4.78, 5) is 17.2. The summed E-state index contributed by atoms with van der Waals surface area (Å²) in [5.74, 6) is 0.124. The number of hydrogen-bond donors (Lipinski definition) is 1. The van der Waals surface area contributed by atoms with E-state index in [2.05, 4.69) is 64.5 Å². The molecule has 1 N–H and O–H groups in total. The Balaban J connectivity index is 1.27. The molecule has 1 heterocycles. The number of anilines is 1. The number of piperazine rings is 1. The van der Waals surface area contributed by atoms with Crippen molar-refractivity contribution in [3.8, 4) is 0 Å². The lowest BCUT2D eigenvalue weighted by molar-refractivity contribution is -0.123. The Morgan fingerprint density at radius 1 is 0.964 bits per heavy atom. The lowest BCUT2D eigenvalue weighted by Crippen LogP contribution is -2.49. The molecule has 0 aromatic heterocycles. The maximum Gasteiger partial charge on any atom is 0.234 e. The third kappa shape index (κ3) is 4.56. The largest absolute Gasteiger partial charge is 0.369 e. The molecule has 0 radical (unpaired) electrons. The standard InChI is InChI=1S/C24H31N3O/c1-19(21-12-11-20-7-5-6-8-22(20)17-21)25-24(28)18-26-13-15-27(16-14-26)23-9-3-2-4-10-23/h2-4,9-12,17,19H,5-8,13-16,18H2,1H3,(H,25,28)/t19-/m0/s1. The quantitative estimate of drug-likeness (QED) is 0.865. The predicted octanol–water partition coefficient (Wildman–Crippen LogP) is 3.56. The average molecular weight is 378 g/mol. The van der Waals surface area contributed by atoms with E-state index in [0.29, 0.717) is 6.54 Å². The van der Waals surface area contributed by atoms with Crippen LogP contribution in [-0.4, -0.2) is 43.5 Å². The second kappa shape index (κ2) is 8.78. The highest BCUT2D eigenvalue weighted by atomic mass is 16.2. The van der Waals surface area contributed by atoms with Gasteiger partial charge in [0.15, 0.2) is 0 Å². The van der Waals surface area contributed by atoms with Crippen LogP contribution in [-0.2, 0) is 17.6 Å². The Kier molecular flexibility index (Phi) is 5.96. The number of nitrogens with zero attached hydrogens (tertiary/aromatic N) is 2. The minimum atomic E-state index is 0.0605. The van der Waals surface area contributed by atoms with Gasteiger partial charge < -0.3 is 10.2 Å². The molecule has 148 valence electrons. The van der Waals surface area contributed by atoms with Crippen molar-refractivity contribution in [2.75, 3.05) is 37.6 Å². The zero-order valence-electron chi connectivity index (χ0n) is 16.9. The van der Waals surface area contributed by atoms with Crippen LogP contribution < -0.4 is 10.2 Å². The Morgan fingerprint density at radius 2 is 1.68 bits per heavy atom. The van der Waals surface area contributed by atoms with Gasteiger partial charge in [-0.3, -0.25) is 9.69 Å². The van der Waals surface area contributed by atoms with Crippen LogP contribution in [0.3, 0.4) is 0 Å². The van der Waals surface area contributed by atoms with E-state index in [9.17, 15) is 4.79 Å². The van der Waals surface area contributed by atoms with Crippen LogP contribution in [0.15, 0.2) is 48.5 Å². The van der Waals surface area contributed by atoms with Crippen LogP contribution in [0.2, 0.25) is 0 Å². The summed E-state index contributed by atoms with van der Waals surface area (Å²) < 4.78 is 0. The third-order valence-corrected chi connectivity index (χ3v) is 6.11. The summed E-state index contributed by atoms with van der Waals surface area (Å²) in [6.45, 7) is 6.37. The lowest BCUT2D eigenvalue weighted by atomic mass is 9.89. The van der Waals surface area contributed by atoms with Crippen molar-refractivity contribution < 1.29 is 4.79 Å². The highest BCUT2D eigenvalue weighted by Crippen LogP contribution is 2.24. The van der Waals surface area contributed by atoms with E-state index in [1.165, 1.54) is 48.1 Å².